The number of phenolic OH excluding ortho intramolecular Hbond substituents is 1. The molecule has 1 fully saturated rings. The van der Waals surface area contributed by atoms with Gasteiger partial charge in [0, 0.05) is 32.2 Å². The van der Waals surface area contributed by atoms with Gasteiger partial charge in [-0.2, -0.15) is 0 Å². The normalized spacial score (nSPS) is 21.2. The maximum atomic E-state index is 13.1. The van der Waals surface area contributed by atoms with Crippen LogP contribution in [0.4, 0.5) is 0 Å². The van der Waals surface area contributed by atoms with Gasteiger partial charge in [0.05, 0.1) is 18.7 Å². The van der Waals surface area contributed by atoms with E-state index in [1.807, 2.05) is 6.92 Å². The number of carbonyl (C=O) groups excluding carboxylic acids is 2. The monoisotopic (exact) mass is 453 g/mol. The van der Waals surface area contributed by atoms with Crippen molar-refractivity contribution in [1.82, 2.24) is 4.90 Å². The Morgan fingerprint density at radius 3 is 2.70 bits per heavy atom. The zero-order valence-electron chi connectivity index (χ0n) is 18.8. The number of nitrogens with zero attached hydrogens (tertiary/aromatic N) is 1. The highest BCUT2D eigenvalue weighted by molar-refractivity contribution is 6.46. The summed E-state index contributed by atoms with van der Waals surface area (Å²) in [5.41, 5.74) is 1.92. The standard InChI is InChI=1S/C25H27NO7/c1-14-11-17-12-16(6-8-19(17)33-14)23(28)21-22(15-5-7-18(27)20(13-15)32-3)26(9-4-10-31-2)25(30)24(21)29/h5-8,12-14,22,27-28H,4,9-11H2,1-3H3/b23-21+. The lowest BCUT2D eigenvalue weighted by Gasteiger charge is -2.25. The van der Waals surface area contributed by atoms with E-state index < -0.39 is 17.7 Å². The third-order valence-electron chi connectivity index (χ3n) is 5.98. The fourth-order valence-electron chi connectivity index (χ4n) is 4.43. The molecule has 2 aromatic rings. The van der Waals surface area contributed by atoms with Gasteiger partial charge in [-0.05, 0) is 54.8 Å². The highest BCUT2D eigenvalue weighted by Crippen LogP contribution is 2.42. The fraction of sp³-hybridized carbons (Fsp3) is 0.360. The zero-order valence-corrected chi connectivity index (χ0v) is 18.8. The Kier molecular flexibility index (Phi) is 6.29. The van der Waals surface area contributed by atoms with E-state index in [0.29, 0.717) is 30.6 Å². The summed E-state index contributed by atoms with van der Waals surface area (Å²) in [6, 6.07) is 9.03. The number of likely N-dealkylation sites (tertiary alicyclic amines) is 1. The van der Waals surface area contributed by atoms with E-state index in [0.717, 1.165) is 11.3 Å². The SMILES string of the molecule is COCCCN1C(=O)C(=O)/C(=C(/O)c2ccc3c(c2)CC(C)O3)C1c1ccc(O)c(OC)c1. The molecule has 8 heteroatoms. The number of aromatic hydroxyl groups is 1. The van der Waals surface area contributed by atoms with E-state index in [1.54, 1.807) is 37.4 Å². The van der Waals surface area contributed by atoms with Gasteiger partial charge in [-0.3, -0.25) is 9.59 Å². The van der Waals surface area contributed by atoms with Crippen molar-refractivity contribution in [2.45, 2.75) is 31.9 Å². The highest BCUT2D eigenvalue weighted by Gasteiger charge is 2.46. The Labute approximate surface area is 192 Å². The minimum atomic E-state index is -0.834. The van der Waals surface area contributed by atoms with Gasteiger partial charge in [0.1, 0.15) is 17.6 Å². The van der Waals surface area contributed by atoms with Gasteiger partial charge in [0.2, 0.25) is 0 Å². The number of aliphatic hydroxyl groups excluding tert-OH is 1. The van der Waals surface area contributed by atoms with E-state index in [2.05, 4.69) is 0 Å². The third-order valence-corrected chi connectivity index (χ3v) is 5.98. The topological polar surface area (TPSA) is 106 Å². The summed E-state index contributed by atoms with van der Waals surface area (Å²) >= 11 is 0. The molecular weight excluding hydrogens is 426 g/mol. The number of amides is 1. The van der Waals surface area contributed by atoms with Crippen molar-refractivity contribution in [3.63, 3.8) is 0 Å². The molecule has 8 nitrogen and oxygen atoms in total. The minimum Gasteiger partial charge on any atom is -0.507 e. The van der Waals surface area contributed by atoms with Crippen LogP contribution < -0.4 is 9.47 Å². The van der Waals surface area contributed by atoms with Crippen molar-refractivity contribution in [2.24, 2.45) is 0 Å². The van der Waals surface area contributed by atoms with E-state index in [1.165, 1.54) is 18.1 Å². The van der Waals surface area contributed by atoms with Crippen LogP contribution in [0, 0.1) is 0 Å². The van der Waals surface area contributed by atoms with Crippen molar-refractivity contribution in [2.75, 3.05) is 27.4 Å². The first-order valence-electron chi connectivity index (χ1n) is 10.8. The molecule has 0 aromatic heterocycles. The van der Waals surface area contributed by atoms with Crippen LogP contribution in [-0.4, -0.2) is 60.3 Å². The van der Waals surface area contributed by atoms with Gasteiger partial charge in [-0.15, -0.1) is 0 Å². The fourth-order valence-corrected chi connectivity index (χ4v) is 4.43. The van der Waals surface area contributed by atoms with Crippen molar-refractivity contribution in [1.29, 1.82) is 0 Å². The second-order valence-electron chi connectivity index (χ2n) is 8.23. The molecule has 174 valence electrons. The second-order valence-corrected chi connectivity index (χ2v) is 8.23. The zero-order chi connectivity index (χ0) is 23.7. The maximum absolute atomic E-state index is 13.1. The lowest BCUT2D eigenvalue weighted by atomic mass is 9.94. The van der Waals surface area contributed by atoms with Crippen LogP contribution >= 0.6 is 0 Å². The molecule has 0 spiro atoms. The molecule has 2 aliphatic rings. The average molecular weight is 453 g/mol. The van der Waals surface area contributed by atoms with E-state index in [4.69, 9.17) is 14.2 Å². The first kappa shape index (κ1) is 22.7. The number of ether oxygens (including phenoxy) is 3. The molecule has 0 aliphatic carbocycles. The molecule has 0 bridgehead atoms. The lowest BCUT2D eigenvalue weighted by Crippen LogP contribution is -2.31. The van der Waals surface area contributed by atoms with Gasteiger partial charge in [-0.1, -0.05) is 6.07 Å². The predicted molar refractivity (Wildman–Crippen MR) is 120 cm³/mol. The van der Waals surface area contributed by atoms with Crippen LogP contribution in [-0.2, 0) is 20.7 Å². The maximum Gasteiger partial charge on any atom is 0.295 e. The van der Waals surface area contributed by atoms with Crippen LogP contribution in [0.2, 0.25) is 0 Å². The van der Waals surface area contributed by atoms with E-state index in [-0.39, 0.29) is 35.5 Å². The van der Waals surface area contributed by atoms with Crippen LogP contribution in [0.1, 0.15) is 36.1 Å². The van der Waals surface area contributed by atoms with Gasteiger partial charge >= 0.3 is 0 Å². The van der Waals surface area contributed by atoms with Gasteiger partial charge in [0.25, 0.3) is 11.7 Å². The number of aliphatic hydroxyl groups is 1. The Balaban J connectivity index is 1.83. The second kappa shape index (κ2) is 9.15. The number of benzene rings is 2. The number of hydrogen-bond acceptors (Lipinski definition) is 7. The summed E-state index contributed by atoms with van der Waals surface area (Å²) in [5.74, 6) is -0.806. The lowest BCUT2D eigenvalue weighted by molar-refractivity contribution is -0.140. The van der Waals surface area contributed by atoms with Crippen LogP contribution in [0.5, 0.6) is 17.2 Å². The summed E-state index contributed by atoms with van der Waals surface area (Å²) < 4.78 is 16.1. The quantitative estimate of drug-likeness (QED) is 0.287. The number of rotatable bonds is 7. The first-order chi connectivity index (χ1) is 15.8. The number of methoxy groups -OCH3 is 2. The summed E-state index contributed by atoms with van der Waals surface area (Å²) in [5, 5.41) is 21.3. The third kappa shape index (κ3) is 4.14. The molecule has 2 N–H and O–H groups in total. The van der Waals surface area contributed by atoms with E-state index >= 15 is 0 Å². The van der Waals surface area contributed by atoms with Crippen LogP contribution in [0.3, 0.4) is 0 Å². The number of Topliss-reactive ketones (excluding diaryl/α,β-unsaturated/α-hetero) is 1. The Morgan fingerprint density at radius 1 is 1.18 bits per heavy atom. The molecule has 4 rings (SSSR count). The van der Waals surface area contributed by atoms with Crippen molar-refractivity contribution in [3.8, 4) is 17.2 Å². The van der Waals surface area contributed by atoms with Crippen molar-refractivity contribution < 1.29 is 34.0 Å². The molecule has 0 radical (unpaired) electrons. The first-order valence-corrected chi connectivity index (χ1v) is 10.8. The Hall–Kier alpha value is -3.52. The largest absolute Gasteiger partial charge is 0.507 e. The Morgan fingerprint density at radius 2 is 1.97 bits per heavy atom. The molecule has 2 heterocycles. The van der Waals surface area contributed by atoms with Crippen LogP contribution in [0.25, 0.3) is 5.76 Å². The number of hydrogen-bond donors (Lipinski definition) is 2. The molecule has 1 saturated heterocycles. The summed E-state index contributed by atoms with van der Waals surface area (Å²) in [4.78, 5) is 27.5. The molecule has 0 saturated carbocycles. The Bertz CT molecular complexity index is 1120. The minimum absolute atomic E-state index is 0.00271. The number of fused-ring (bicyclic) bond motifs is 1. The number of phenols is 1. The number of carbonyl (C=O) groups is 2. The van der Waals surface area contributed by atoms with Gasteiger partial charge < -0.3 is 29.3 Å². The number of ketones is 1. The molecule has 2 aliphatic heterocycles. The molecule has 2 atom stereocenters. The smallest absolute Gasteiger partial charge is 0.295 e. The van der Waals surface area contributed by atoms with E-state index in [9.17, 15) is 19.8 Å². The molecule has 33 heavy (non-hydrogen) atoms. The van der Waals surface area contributed by atoms with Crippen molar-refractivity contribution >= 4 is 17.4 Å². The molecule has 1 amide bonds. The highest BCUT2D eigenvalue weighted by atomic mass is 16.5. The van der Waals surface area contributed by atoms with Gasteiger partial charge in [0.15, 0.2) is 11.5 Å². The molecule has 2 unspecified atom stereocenters. The summed E-state index contributed by atoms with van der Waals surface area (Å²) in [6.07, 6.45) is 1.25. The molecular formula is C25H27NO7. The van der Waals surface area contributed by atoms with Crippen molar-refractivity contribution in [3.05, 3.63) is 58.7 Å². The molecule has 2 aromatic carbocycles. The summed E-state index contributed by atoms with van der Waals surface area (Å²) in [6.45, 7) is 2.64. The average Bonchev–Trinajstić information content (AvgIpc) is 3.30. The summed E-state index contributed by atoms with van der Waals surface area (Å²) in [7, 11) is 2.98. The van der Waals surface area contributed by atoms with Crippen LogP contribution in [0.15, 0.2) is 42.0 Å². The van der Waals surface area contributed by atoms with Gasteiger partial charge in [-0.25, -0.2) is 0 Å². The predicted octanol–water partition coefficient (Wildman–Crippen LogP) is 3.18.